The van der Waals surface area contributed by atoms with E-state index in [0.717, 1.165) is 17.0 Å². The van der Waals surface area contributed by atoms with Gasteiger partial charge in [0, 0.05) is 13.2 Å². The van der Waals surface area contributed by atoms with Crippen LogP contribution in [0, 0.1) is 13.8 Å². The molecule has 0 aliphatic carbocycles. The minimum Gasteiger partial charge on any atom is -0.478 e. The summed E-state index contributed by atoms with van der Waals surface area (Å²) in [5.74, 6) is 1.40. The molecule has 0 aliphatic rings. The Morgan fingerprint density at radius 2 is 2.00 bits per heavy atom. The quantitative estimate of drug-likeness (QED) is 0.699. The zero-order valence-corrected chi connectivity index (χ0v) is 9.66. The molecule has 15 heavy (non-hydrogen) atoms. The second kappa shape index (κ2) is 5.56. The van der Waals surface area contributed by atoms with E-state index in [0.29, 0.717) is 12.5 Å². The van der Waals surface area contributed by atoms with Crippen molar-refractivity contribution in [2.45, 2.75) is 20.8 Å². The average Bonchev–Trinajstić information content (AvgIpc) is 2.17. The predicted molar refractivity (Wildman–Crippen MR) is 57.4 cm³/mol. The standard InChI is InChI=1S/C11H17NO3/c1-5-14-10-6-8(2)11(9(3)12-10)15-7-13-4/h6H,5,7H2,1-4H3. The molecule has 0 spiro atoms. The number of methoxy groups -OCH3 is 1. The van der Waals surface area contributed by atoms with Gasteiger partial charge in [-0.2, -0.15) is 0 Å². The Balaban J connectivity index is 2.88. The van der Waals surface area contributed by atoms with E-state index in [2.05, 4.69) is 4.98 Å². The molecule has 0 saturated carbocycles. The lowest BCUT2D eigenvalue weighted by molar-refractivity contribution is 0.0497. The summed E-state index contributed by atoms with van der Waals surface area (Å²) in [6, 6.07) is 1.86. The maximum atomic E-state index is 5.41. The van der Waals surface area contributed by atoms with Gasteiger partial charge in [0.15, 0.2) is 6.79 Å². The second-order valence-corrected chi connectivity index (χ2v) is 3.18. The number of hydrogen-bond acceptors (Lipinski definition) is 4. The van der Waals surface area contributed by atoms with Crippen LogP contribution in [0.15, 0.2) is 6.07 Å². The maximum Gasteiger partial charge on any atom is 0.213 e. The molecule has 0 radical (unpaired) electrons. The van der Waals surface area contributed by atoms with E-state index in [9.17, 15) is 0 Å². The molecule has 4 nitrogen and oxygen atoms in total. The van der Waals surface area contributed by atoms with Gasteiger partial charge in [-0.05, 0) is 26.3 Å². The number of hydrogen-bond donors (Lipinski definition) is 0. The van der Waals surface area contributed by atoms with Crippen molar-refractivity contribution in [1.82, 2.24) is 4.98 Å². The minimum absolute atomic E-state index is 0.233. The zero-order valence-electron chi connectivity index (χ0n) is 9.66. The fourth-order valence-corrected chi connectivity index (χ4v) is 1.34. The Hall–Kier alpha value is -1.29. The molecule has 0 fully saturated rings. The Bertz CT molecular complexity index is 303. The smallest absolute Gasteiger partial charge is 0.213 e. The first-order chi connectivity index (χ1) is 7.19. The van der Waals surface area contributed by atoms with Gasteiger partial charge in [0.1, 0.15) is 5.75 Å². The number of rotatable bonds is 5. The molecular formula is C11H17NO3. The summed E-state index contributed by atoms with van der Waals surface area (Å²) >= 11 is 0. The van der Waals surface area contributed by atoms with Crippen LogP contribution < -0.4 is 9.47 Å². The molecule has 0 bridgehead atoms. The largest absolute Gasteiger partial charge is 0.478 e. The molecule has 0 saturated heterocycles. The molecule has 4 heteroatoms. The zero-order chi connectivity index (χ0) is 11.3. The normalized spacial score (nSPS) is 10.1. The first-order valence-electron chi connectivity index (χ1n) is 4.91. The Morgan fingerprint density at radius 3 is 2.53 bits per heavy atom. The Labute approximate surface area is 90.2 Å². The van der Waals surface area contributed by atoms with Gasteiger partial charge in [0.2, 0.25) is 5.88 Å². The van der Waals surface area contributed by atoms with Crippen LogP contribution in [-0.2, 0) is 4.74 Å². The molecule has 1 heterocycles. The highest BCUT2D eigenvalue weighted by atomic mass is 16.7. The van der Waals surface area contributed by atoms with E-state index in [1.807, 2.05) is 26.8 Å². The highest BCUT2D eigenvalue weighted by Gasteiger charge is 2.08. The summed E-state index contributed by atoms with van der Waals surface area (Å²) in [5, 5.41) is 0. The van der Waals surface area contributed by atoms with Gasteiger partial charge in [-0.3, -0.25) is 0 Å². The summed E-state index contributed by atoms with van der Waals surface area (Å²) in [7, 11) is 1.59. The summed E-state index contributed by atoms with van der Waals surface area (Å²) in [6.07, 6.45) is 0. The fraction of sp³-hybridized carbons (Fsp3) is 0.545. The van der Waals surface area contributed by atoms with Crippen molar-refractivity contribution in [3.05, 3.63) is 17.3 Å². The molecule has 84 valence electrons. The summed E-state index contributed by atoms with van der Waals surface area (Å²) in [5.41, 5.74) is 1.82. The molecule has 0 aromatic carbocycles. The van der Waals surface area contributed by atoms with E-state index in [4.69, 9.17) is 14.2 Å². The maximum absolute atomic E-state index is 5.41. The van der Waals surface area contributed by atoms with Crippen molar-refractivity contribution in [3.63, 3.8) is 0 Å². The highest BCUT2D eigenvalue weighted by molar-refractivity contribution is 5.39. The molecule has 0 unspecified atom stereocenters. The molecule has 0 amide bonds. The van der Waals surface area contributed by atoms with E-state index >= 15 is 0 Å². The highest BCUT2D eigenvalue weighted by Crippen LogP contribution is 2.25. The molecule has 1 aromatic heterocycles. The van der Waals surface area contributed by atoms with E-state index in [-0.39, 0.29) is 6.79 Å². The van der Waals surface area contributed by atoms with Crippen molar-refractivity contribution < 1.29 is 14.2 Å². The molecule has 0 N–H and O–H groups in total. The van der Waals surface area contributed by atoms with Gasteiger partial charge < -0.3 is 14.2 Å². The lowest BCUT2D eigenvalue weighted by atomic mass is 10.2. The van der Waals surface area contributed by atoms with Crippen LogP contribution in [0.25, 0.3) is 0 Å². The predicted octanol–water partition coefficient (Wildman–Crippen LogP) is 2.08. The minimum atomic E-state index is 0.233. The van der Waals surface area contributed by atoms with Crippen LogP contribution in [0.4, 0.5) is 0 Å². The van der Waals surface area contributed by atoms with Crippen molar-refractivity contribution in [2.75, 3.05) is 20.5 Å². The third-order valence-electron chi connectivity index (χ3n) is 1.92. The second-order valence-electron chi connectivity index (χ2n) is 3.18. The van der Waals surface area contributed by atoms with Crippen LogP contribution in [-0.4, -0.2) is 25.5 Å². The van der Waals surface area contributed by atoms with Crippen molar-refractivity contribution in [3.8, 4) is 11.6 Å². The number of ether oxygens (including phenoxy) is 3. The van der Waals surface area contributed by atoms with Crippen LogP contribution in [0.3, 0.4) is 0 Å². The van der Waals surface area contributed by atoms with Crippen LogP contribution in [0.5, 0.6) is 11.6 Å². The van der Waals surface area contributed by atoms with Crippen molar-refractivity contribution in [2.24, 2.45) is 0 Å². The first kappa shape index (κ1) is 11.8. The monoisotopic (exact) mass is 211 g/mol. The number of aromatic nitrogens is 1. The number of nitrogens with zero attached hydrogens (tertiary/aromatic N) is 1. The van der Waals surface area contributed by atoms with Gasteiger partial charge >= 0.3 is 0 Å². The van der Waals surface area contributed by atoms with Gasteiger partial charge in [0.05, 0.1) is 12.3 Å². The van der Waals surface area contributed by atoms with Gasteiger partial charge in [0.25, 0.3) is 0 Å². The number of aryl methyl sites for hydroxylation is 2. The summed E-state index contributed by atoms with van der Waals surface area (Å²) in [6.45, 7) is 6.63. The lowest BCUT2D eigenvalue weighted by Gasteiger charge is -2.12. The topological polar surface area (TPSA) is 40.6 Å². The van der Waals surface area contributed by atoms with Gasteiger partial charge in [-0.1, -0.05) is 0 Å². The molecular weight excluding hydrogens is 194 g/mol. The molecule has 0 aliphatic heterocycles. The van der Waals surface area contributed by atoms with Crippen molar-refractivity contribution in [1.29, 1.82) is 0 Å². The van der Waals surface area contributed by atoms with Gasteiger partial charge in [-0.25, -0.2) is 4.98 Å². The molecule has 0 atom stereocenters. The summed E-state index contributed by atoms with van der Waals surface area (Å²) < 4.78 is 15.6. The Morgan fingerprint density at radius 1 is 1.27 bits per heavy atom. The fourth-order valence-electron chi connectivity index (χ4n) is 1.34. The van der Waals surface area contributed by atoms with Gasteiger partial charge in [-0.15, -0.1) is 0 Å². The number of pyridine rings is 1. The SMILES string of the molecule is CCOc1cc(C)c(OCOC)c(C)n1. The molecule has 1 rings (SSSR count). The molecule has 1 aromatic rings. The van der Waals surface area contributed by atoms with E-state index in [1.165, 1.54) is 0 Å². The van der Waals surface area contributed by atoms with E-state index in [1.54, 1.807) is 7.11 Å². The lowest BCUT2D eigenvalue weighted by Crippen LogP contribution is -2.04. The third-order valence-corrected chi connectivity index (χ3v) is 1.92. The summed E-state index contributed by atoms with van der Waals surface area (Å²) in [4.78, 5) is 4.27. The average molecular weight is 211 g/mol. The van der Waals surface area contributed by atoms with E-state index < -0.39 is 0 Å². The third kappa shape index (κ3) is 3.09. The first-order valence-corrected chi connectivity index (χ1v) is 4.91. The Kier molecular flexibility index (Phi) is 4.37. The van der Waals surface area contributed by atoms with Crippen LogP contribution in [0.1, 0.15) is 18.2 Å². The van der Waals surface area contributed by atoms with Crippen LogP contribution >= 0.6 is 0 Å². The van der Waals surface area contributed by atoms with Crippen LogP contribution in [0.2, 0.25) is 0 Å². The van der Waals surface area contributed by atoms with Crippen molar-refractivity contribution >= 4 is 0 Å².